The fraction of sp³-hybridized carbons (Fsp3) is 0.0833. The first-order valence-corrected chi connectivity index (χ1v) is 11.0. The van der Waals surface area contributed by atoms with Gasteiger partial charge in [0.05, 0.1) is 15.5 Å². The van der Waals surface area contributed by atoms with Crippen molar-refractivity contribution in [2.24, 2.45) is 0 Å². The highest BCUT2D eigenvalue weighted by molar-refractivity contribution is 8.27. The molecule has 0 saturated carbocycles. The molecule has 1 aliphatic heterocycles. The number of para-hydroxylation sites is 1. The molecule has 0 atom stereocenters. The summed E-state index contributed by atoms with van der Waals surface area (Å²) < 4.78 is 6.39. The van der Waals surface area contributed by atoms with Crippen LogP contribution in [0.3, 0.4) is 0 Å². The van der Waals surface area contributed by atoms with E-state index >= 15 is 0 Å². The SMILES string of the molecule is Cc1ccccc1COc1ccc([N+](=O)[O-])cc1C=C1SC(=S)N(c2ccccc2)C1=O. The summed E-state index contributed by atoms with van der Waals surface area (Å²) in [6, 6.07) is 21.3. The molecule has 1 aliphatic rings. The number of aryl methyl sites for hydroxylation is 1. The van der Waals surface area contributed by atoms with Crippen LogP contribution in [0, 0.1) is 17.0 Å². The van der Waals surface area contributed by atoms with Crippen LogP contribution in [0.15, 0.2) is 77.7 Å². The van der Waals surface area contributed by atoms with Gasteiger partial charge in [-0.1, -0.05) is 66.4 Å². The van der Waals surface area contributed by atoms with E-state index < -0.39 is 4.92 Å². The summed E-state index contributed by atoms with van der Waals surface area (Å²) in [4.78, 5) is 25.7. The highest BCUT2D eigenvalue weighted by Gasteiger charge is 2.33. The van der Waals surface area contributed by atoms with Gasteiger partial charge >= 0.3 is 0 Å². The lowest BCUT2D eigenvalue weighted by molar-refractivity contribution is -0.384. The summed E-state index contributed by atoms with van der Waals surface area (Å²) in [7, 11) is 0. The maximum atomic E-state index is 13.0. The predicted molar refractivity (Wildman–Crippen MR) is 131 cm³/mol. The molecule has 160 valence electrons. The number of amides is 1. The molecule has 1 amide bonds. The van der Waals surface area contributed by atoms with Crippen LogP contribution in [0.5, 0.6) is 5.75 Å². The van der Waals surface area contributed by atoms with Gasteiger partial charge in [-0.3, -0.25) is 19.8 Å². The average molecular weight is 463 g/mol. The number of carbonyl (C=O) groups excluding carboxylic acids is 1. The number of nitro benzene ring substituents is 1. The lowest BCUT2D eigenvalue weighted by atomic mass is 10.1. The third-order valence-electron chi connectivity index (χ3n) is 4.94. The zero-order valence-electron chi connectivity index (χ0n) is 17.1. The molecule has 0 aliphatic carbocycles. The zero-order chi connectivity index (χ0) is 22.7. The molecule has 1 saturated heterocycles. The number of benzene rings is 3. The molecule has 0 spiro atoms. The first kappa shape index (κ1) is 21.7. The first-order chi connectivity index (χ1) is 15.4. The van der Waals surface area contributed by atoms with E-state index in [0.29, 0.717) is 32.8 Å². The van der Waals surface area contributed by atoms with Crippen LogP contribution in [0.1, 0.15) is 16.7 Å². The van der Waals surface area contributed by atoms with E-state index in [2.05, 4.69) is 0 Å². The summed E-state index contributed by atoms with van der Waals surface area (Å²) >= 11 is 6.57. The molecule has 6 nitrogen and oxygen atoms in total. The standard InChI is InChI=1S/C24H18N2O4S2/c1-16-7-5-6-8-17(16)15-30-21-12-11-20(26(28)29)13-18(21)14-22-23(27)25(24(31)32-22)19-9-3-2-4-10-19/h2-14H,15H2,1H3. The number of hydrogen-bond donors (Lipinski definition) is 0. The highest BCUT2D eigenvalue weighted by atomic mass is 32.2. The number of nitro groups is 1. The van der Waals surface area contributed by atoms with Gasteiger partial charge in [-0.2, -0.15) is 0 Å². The Labute approximate surface area is 194 Å². The number of rotatable bonds is 6. The minimum atomic E-state index is -0.475. The minimum absolute atomic E-state index is 0.0852. The van der Waals surface area contributed by atoms with Crippen molar-refractivity contribution in [1.82, 2.24) is 0 Å². The van der Waals surface area contributed by atoms with Crippen LogP contribution in [-0.2, 0) is 11.4 Å². The van der Waals surface area contributed by atoms with Crippen molar-refractivity contribution < 1.29 is 14.5 Å². The van der Waals surface area contributed by atoms with Gasteiger partial charge in [0, 0.05) is 17.7 Å². The normalized spacial score (nSPS) is 14.8. The van der Waals surface area contributed by atoms with Crippen molar-refractivity contribution in [1.29, 1.82) is 0 Å². The molecular weight excluding hydrogens is 444 g/mol. The zero-order valence-corrected chi connectivity index (χ0v) is 18.7. The quantitative estimate of drug-likeness (QED) is 0.197. The van der Waals surface area contributed by atoms with E-state index in [1.54, 1.807) is 24.3 Å². The van der Waals surface area contributed by atoms with Crippen LogP contribution in [0.25, 0.3) is 6.08 Å². The Morgan fingerprint density at radius 3 is 2.53 bits per heavy atom. The van der Waals surface area contributed by atoms with Gasteiger partial charge in [0.1, 0.15) is 12.4 Å². The van der Waals surface area contributed by atoms with E-state index in [4.69, 9.17) is 17.0 Å². The smallest absolute Gasteiger partial charge is 0.270 e. The molecular formula is C24H18N2O4S2. The highest BCUT2D eigenvalue weighted by Crippen LogP contribution is 2.37. The second kappa shape index (κ2) is 9.33. The molecule has 4 rings (SSSR count). The van der Waals surface area contributed by atoms with Gasteiger partial charge in [-0.05, 0) is 42.3 Å². The molecule has 3 aromatic carbocycles. The number of hydrogen-bond acceptors (Lipinski definition) is 6. The fourth-order valence-corrected chi connectivity index (χ4v) is 4.52. The van der Waals surface area contributed by atoms with Gasteiger partial charge in [0.15, 0.2) is 4.32 Å². The number of thiocarbonyl (C=S) groups is 1. The predicted octanol–water partition coefficient (Wildman–Crippen LogP) is 5.89. The largest absolute Gasteiger partial charge is 0.488 e. The number of ether oxygens (including phenoxy) is 1. The molecule has 8 heteroatoms. The van der Waals surface area contributed by atoms with Gasteiger partial charge in [0.25, 0.3) is 11.6 Å². The Kier molecular flexibility index (Phi) is 6.34. The molecule has 1 fully saturated rings. The van der Waals surface area contributed by atoms with Crippen molar-refractivity contribution >= 4 is 51.7 Å². The van der Waals surface area contributed by atoms with Gasteiger partial charge in [0.2, 0.25) is 0 Å². The van der Waals surface area contributed by atoms with Crippen molar-refractivity contribution in [3.63, 3.8) is 0 Å². The van der Waals surface area contributed by atoms with E-state index in [-0.39, 0.29) is 11.6 Å². The van der Waals surface area contributed by atoms with Crippen molar-refractivity contribution in [3.05, 3.63) is 105 Å². The number of non-ortho nitro benzene ring substituents is 1. The Bertz CT molecular complexity index is 1240. The molecule has 0 unspecified atom stereocenters. The van der Waals surface area contributed by atoms with Crippen molar-refractivity contribution in [2.75, 3.05) is 4.90 Å². The molecule has 3 aromatic rings. The molecule has 0 aromatic heterocycles. The fourth-order valence-electron chi connectivity index (χ4n) is 3.23. The summed E-state index contributed by atoms with van der Waals surface area (Å²) in [5, 5.41) is 11.3. The van der Waals surface area contributed by atoms with Gasteiger partial charge in [-0.15, -0.1) is 0 Å². The van der Waals surface area contributed by atoms with E-state index in [9.17, 15) is 14.9 Å². The Morgan fingerprint density at radius 2 is 1.81 bits per heavy atom. The minimum Gasteiger partial charge on any atom is -0.488 e. The average Bonchev–Trinajstić information content (AvgIpc) is 3.07. The monoisotopic (exact) mass is 462 g/mol. The Balaban J connectivity index is 1.67. The first-order valence-electron chi connectivity index (χ1n) is 9.73. The third kappa shape index (κ3) is 4.56. The van der Waals surface area contributed by atoms with Crippen LogP contribution >= 0.6 is 24.0 Å². The topological polar surface area (TPSA) is 72.7 Å². The maximum absolute atomic E-state index is 13.0. The maximum Gasteiger partial charge on any atom is 0.270 e. The van der Waals surface area contributed by atoms with Gasteiger partial charge < -0.3 is 4.74 Å². The number of anilines is 1. The molecule has 0 N–H and O–H groups in total. The van der Waals surface area contributed by atoms with E-state index in [1.807, 2.05) is 49.4 Å². The van der Waals surface area contributed by atoms with Crippen LogP contribution in [-0.4, -0.2) is 15.2 Å². The molecule has 1 heterocycles. The van der Waals surface area contributed by atoms with Crippen molar-refractivity contribution in [3.8, 4) is 5.75 Å². The molecule has 0 radical (unpaired) electrons. The lowest BCUT2D eigenvalue weighted by Crippen LogP contribution is -2.27. The second-order valence-corrected chi connectivity index (χ2v) is 8.72. The van der Waals surface area contributed by atoms with Gasteiger partial charge in [-0.25, -0.2) is 0 Å². The lowest BCUT2D eigenvalue weighted by Gasteiger charge is -2.14. The van der Waals surface area contributed by atoms with E-state index in [0.717, 1.165) is 22.9 Å². The third-order valence-corrected chi connectivity index (χ3v) is 6.25. The van der Waals surface area contributed by atoms with Crippen LogP contribution in [0.4, 0.5) is 11.4 Å². The molecule has 32 heavy (non-hydrogen) atoms. The summed E-state index contributed by atoms with van der Waals surface area (Å²) in [5.41, 5.74) is 3.12. The van der Waals surface area contributed by atoms with Crippen molar-refractivity contribution in [2.45, 2.75) is 13.5 Å². The Morgan fingerprint density at radius 1 is 1.09 bits per heavy atom. The van der Waals surface area contributed by atoms with Crippen LogP contribution in [0.2, 0.25) is 0 Å². The Hall–Kier alpha value is -3.49. The second-order valence-electron chi connectivity index (χ2n) is 7.05. The summed E-state index contributed by atoms with van der Waals surface area (Å²) in [6.07, 6.45) is 1.60. The van der Waals surface area contributed by atoms with Crippen LogP contribution < -0.4 is 9.64 Å². The number of carbonyl (C=O) groups is 1. The van der Waals surface area contributed by atoms with E-state index in [1.165, 1.54) is 17.0 Å². The molecule has 0 bridgehead atoms. The number of thioether (sulfide) groups is 1. The number of nitrogens with zero attached hydrogens (tertiary/aromatic N) is 2. The summed E-state index contributed by atoms with van der Waals surface area (Å²) in [5.74, 6) is 0.173. The summed E-state index contributed by atoms with van der Waals surface area (Å²) in [6.45, 7) is 2.29.